The van der Waals surface area contributed by atoms with E-state index >= 15 is 0 Å². The van der Waals surface area contributed by atoms with E-state index in [9.17, 15) is 9.59 Å². The van der Waals surface area contributed by atoms with Gasteiger partial charge in [0.15, 0.2) is 6.04 Å². The molecule has 1 amide bonds. The third kappa shape index (κ3) is 7.08. The Balaban J connectivity index is 2.18. The molecule has 2 N–H and O–H groups in total. The lowest BCUT2D eigenvalue weighted by molar-refractivity contribution is -0.143. The molecule has 0 aliphatic rings. The number of nitrogens with one attached hydrogen (secondary N) is 1. The third-order valence-electron chi connectivity index (χ3n) is 3.02. The lowest BCUT2D eigenvalue weighted by Gasteiger charge is -2.13. The van der Waals surface area contributed by atoms with Crippen LogP contribution in [0.4, 0.5) is 0 Å². The van der Waals surface area contributed by atoms with Crippen LogP contribution in [0.2, 0.25) is 0 Å². The molecule has 0 saturated heterocycles. The average Bonchev–Trinajstić information content (AvgIpc) is 2.46. The Hall–Kier alpha value is -2.08. The fourth-order valence-corrected chi connectivity index (χ4v) is 1.89. The summed E-state index contributed by atoms with van der Waals surface area (Å²) in [7, 11) is 1.39. The molecule has 0 heterocycles. The highest BCUT2D eigenvalue weighted by molar-refractivity contribution is 5.83. The van der Waals surface area contributed by atoms with Gasteiger partial charge < -0.3 is 19.9 Å². The highest BCUT2D eigenvalue weighted by atomic mass is 16.5. The van der Waals surface area contributed by atoms with Crippen LogP contribution in [0.3, 0.4) is 0 Å². The Bertz CT molecular complexity index is 489. The van der Waals surface area contributed by atoms with Gasteiger partial charge in [-0.25, -0.2) is 4.79 Å². The van der Waals surface area contributed by atoms with Crippen LogP contribution in [0.25, 0.3) is 0 Å². The number of unbranched alkanes of at least 4 members (excludes halogenated alkanes) is 1. The number of benzene rings is 1. The van der Waals surface area contributed by atoms with Gasteiger partial charge in [-0.3, -0.25) is 4.79 Å². The molecule has 6 nitrogen and oxygen atoms in total. The second-order valence-corrected chi connectivity index (χ2v) is 5.04. The Morgan fingerprint density at radius 2 is 2.09 bits per heavy atom. The number of carboxylic acid groups (broad SMARTS) is 1. The van der Waals surface area contributed by atoms with Crippen molar-refractivity contribution < 1.29 is 24.2 Å². The number of carboxylic acids is 1. The predicted molar refractivity (Wildman–Crippen MR) is 82.0 cm³/mol. The third-order valence-corrected chi connectivity index (χ3v) is 3.02. The Kier molecular flexibility index (Phi) is 7.99. The lowest BCUT2D eigenvalue weighted by atomic mass is 10.2. The van der Waals surface area contributed by atoms with Gasteiger partial charge >= 0.3 is 5.97 Å². The summed E-state index contributed by atoms with van der Waals surface area (Å²) in [6, 6.07) is 6.77. The van der Waals surface area contributed by atoms with E-state index in [1.807, 2.05) is 31.2 Å². The number of aryl methyl sites for hydroxylation is 1. The van der Waals surface area contributed by atoms with Crippen molar-refractivity contribution in [1.29, 1.82) is 0 Å². The monoisotopic (exact) mass is 309 g/mol. The maximum Gasteiger partial charge on any atom is 0.328 e. The number of hydrogen-bond donors (Lipinski definition) is 2. The maximum atomic E-state index is 11.6. The molecule has 0 aliphatic carbocycles. The van der Waals surface area contributed by atoms with Gasteiger partial charge in [-0.05, 0) is 37.5 Å². The molecule has 0 bridgehead atoms. The summed E-state index contributed by atoms with van der Waals surface area (Å²) in [4.78, 5) is 22.5. The fraction of sp³-hybridized carbons (Fsp3) is 0.500. The average molecular weight is 309 g/mol. The predicted octanol–water partition coefficient (Wildman–Crippen LogP) is 1.76. The van der Waals surface area contributed by atoms with Gasteiger partial charge in [-0.1, -0.05) is 12.1 Å². The van der Waals surface area contributed by atoms with Gasteiger partial charge in [-0.15, -0.1) is 0 Å². The minimum absolute atomic E-state index is 0.0441. The fourth-order valence-electron chi connectivity index (χ4n) is 1.89. The zero-order valence-electron chi connectivity index (χ0n) is 13.0. The van der Waals surface area contributed by atoms with E-state index in [0.717, 1.165) is 17.7 Å². The second kappa shape index (κ2) is 9.78. The van der Waals surface area contributed by atoms with Crippen molar-refractivity contribution in [1.82, 2.24) is 5.32 Å². The van der Waals surface area contributed by atoms with Crippen molar-refractivity contribution in [3.63, 3.8) is 0 Å². The van der Waals surface area contributed by atoms with Crippen LogP contribution >= 0.6 is 0 Å². The van der Waals surface area contributed by atoms with E-state index in [2.05, 4.69) is 5.32 Å². The standard InChI is InChI=1S/C16H23NO5/c1-12-6-5-7-13(10-12)22-9-4-3-8-15(18)17-14(11-21-2)16(19)20/h5-7,10,14H,3-4,8-9,11H2,1-2H3,(H,17,18)(H,19,20). The molecule has 0 spiro atoms. The van der Waals surface area contributed by atoms with E-state index in [0.29, 0.717) is 13.0 Å². The van der Waals surface area contributed by atoms with E-state index in [4.69, 9.17) is 14.6 Å². The highest BCUT2D eigenvalue weighted by Gasteiger charge is 2.19. The highest BCUT2D eigenvalue weighted by Crippen LogP contribution is 2.12. The summed E-state index contributed by atoms with van der Waals surface area (Å²) in [5.41, 5.74) is 1.13. The molecule has 22 heavy (non-hydrogen) atoms. The van der Waals surface area contributed by atoms with Crippen molar-refractivity contribution in [2.24, 2.45) is 0 Å². The van der Waals surface area contributed by atoms with Crippen molar-refractivity contribution >= 4 is 11.9 Å². The minimum Gasteiger partial charge on any atom is -0.494 e. The van der Waals surface area contributed by atoms with Gasteiger partial charge in [0.2, 0.25) is 5.91 Å². The summed E-state index contributed by atoms with van der Waals surface area (Å²) in [5, 5.41) is 11.3. The molecule has 1 rings (SSSR count). The molecule has 122 valence electrons. The summed E-state index contributed by atoms with van der Waals surface area (Å²) in [6.07, 6.45) is 1.63. The summed E-state index contributed by atoms with van der Waals surface area (Å²) in [6.45, 7) is 2.48. The Labute approximate surface area is 130 Å². The number of amides is 1. The topological polar surface area (TPSA) is 84.9 Å². The van der Waals surface area contributed by atoms with Gasteiger partial charge in [-0.2, -0.15) is 0 Å². The molecule has 1 aromatic carbocycles. The van der Waals surface area contributed by atoms with Crippen molar-refractivity contribution in [2.75, 3.05) is 20.3 Å². The molecule has 0 fully saturated rings. The summed E-state index contributed by atoms with van der Waals surface area (Å²) < 4.78 is 10.3. The Morgan fingerprint density at radius 3 is 2.73 bits per heavy atom. The smallest absolute Gasteiger partial charge is 0.328 e. The van der Waals surface area contributed by atoms with Gasteiger partial charge in [0.1, 0.15) is 5.75 Å². The van der Waals surface area contributed by atoms with Crippen LogP contribution in [0, 0.1) is 6.92 Å². The zero-order valence-corrected chi connectivity index (χ0v) is 13.0. The van der Waals surface area contributed by atoms with E-state index in [-0.39, 0.29) is 18.9 Å². The van der Waals surface area contributed by atoms with Crippen LogP contribution in [0.5, 0.6) is 5.75 Å². The van der Waals surface area contributed by atoms with Crippen molar-refractivity contribution in [3.05, 3.63) is 29.8 Å². The zero-order chi connectivity index (χ0) is 16.4. The van der Waals surface area contributed by atoms with Crippen LogP contribution in [-0.2, 0) is 14.3 Å². The molecule has 6 heteroatoms. The van der Waals surface area contributed by atoms with E-state index in [1.165, 1.54) is 7.11 Å². The molecule has 0 aliphatic heterocycles. The normalized spacial score (nSPS) is 11.7. The molecular formula is C16H23NO5. The van der Waals surface area contributed by atoms with Crippen LogP contribution in [0.15, 0.2) is 24.3 Å². The van der Waals surface area contributed by atoms with Gasteiger partial charge in [0.25, 0.3) is 0 Å². The number of rotatable bonds is 10. The lowest BCUT2D eigenvalue weighted by Crippen LogP contribution is -2.43. The number of methoxy groups -OCH3 is 1. The van der Waals surface area contributed by atoms with Crippen LogP contribution in [0.1, 0.15) is 24.8 Å². The number of carbonyl (C=O) groups excluding carboxylic acids is 1. The molecular weight excluding hydrogens is 286 g/mol. The largest absolute Gasteiger partial charge is 0.494 e. The second-order valence-electron chi connectivity index (χ2n) is 5.04. The number of hydrogen-bond acceptors (Lipinski definition) is 4. The van der Waals surface area contributed by atoms with E-state index in [1.54, 1.807) is 0 Å². The number of aliphatic carboxylic acids is 1. The quantitative estimate of drug-likeness (QED) is 0.643. The van der Waals surface area contributed by atoms with Crippen LogP contribution in [-0.4, -0.2) is 43.3 Å². The van der Waals surface area contributed by atoms with E-state index < -0.39 is 12.0 Å². The SMILES string of the molecule is COCC(NC(=O)CCCCOc1cccc(C)c1)C(=O)O. The first kappa shape index (κ1) is 18.0. The molecule has 0 saturated carbocycles. The van der Waals surface area contributed by atoms with Crippen molar-refractivity contribution in [3.8, 4) is 5.75 Å². The molecule has 0 aromatic heterocycles. The first-order chi connectivity index (χ1) is 10.5. The van der Waals surface area contributed by atoms with Gasteiger partial charge in [0, 0.05) is 13.5 Å². The molecule has 1 atom stereocenters. The first-order valence-corrected chi connectivity index (χ1v) is 7.23. The molecule has 1 unspecified atom stereocenters. The minimum atomic E-state index is -1.10. The first-order valence-electron chi connectivity index (χ1n) is 7.23. The van der Waals surface area contributed by atoms with Crippen molar-refractivity contribution in [2.45, 2.75) is 32.2 Å². The molecule has 0 radical (unpaired) electrons. The Morgan fingerprint density at radius 1 is 1.32 bits per heavy atom. The number of ether oxygens (including phenoxy) is 2. The summed E-state index contributed by atoms with van der Waals surface area (Å²) >= 11 is 0. The summed E-state index contributed by atoms with van der Waals surface area (Å²) in [5.74, 6) is -0.575. The number of carbonyl (C=O) groups is 2. The van der Waals surface area contributed by atoms with Gasteiger partial charge in [0.05, 0.1) is 13.2 Å². The maximum absolute atomic E-state index is 11.6. The van der Waals surface area contributed by atoms with Crippen LogP contribution < -0.4 is 10.1 Å². The molecule has 1 aromatic rings.